The van der Waals surface area contributed by atoms with Crippen LogP contribution in [0.4, 0.5) is 20.2 Å². The lowest BCUT2D eigenvalue weighted by Crippen LogP contribution is -2.40. The van der Waals surface area contributed by atoms with Gasteiger partial charge in [-0.25, -0.2) is 28.9 Å². The molecule has 0 bridgehead atoms. The number of amides is 2. The van der Waals surface area contributed by atoms with E-state index >= 15 is 8.78 Å². The van der Waals surface area contributed by atoms with Gasteiger partial charge in [-0.1, -0.05) is 0 Å². The summed E-state index contributed by atoms with van der Waals surface area (Å²) in [6.45, 7) is -0.323. The molecule has 6 rings (SSSR count). The highest BCUT2D eigenvalue weighted by Crippen LogP contribution is 2.29. The van der Waals surface area contributed by atoms with Crippen LogP contribution in [-0.2, 0) is 20.7 Å². The van der Waals surface area contributed by atoms with Crippen LogP contribution in [0.2, 0.25) is 0 Å². The maximum atomic E-state index is 15.2. The van der Waals surface area contributed by atoms with Crippen molar-refractivity contribution < 1.29 is 42.2 Å². The number of ether oxygens (including phenoxy) is 3. The lowest BCUT2D eigenvalue weighted by Gasteiger charge is -2.17. The van der Waals surface area contributed by atoms with Crippen LogP contribution in [0.5, 0.6) is 5.75 Å². The number of carbonyl (C=O) groups excluding carboxylic acids is 4. The molecule has 20 heteroatoms. The smallest absolute Gasteiger partial charge is 0.340 e. The van der Waals surface area contributed by atoms with Crippen LogP contribution >= 0.6 is 0 Å². The second kappa shape index (κ2) is 14.6. The summed E-state index contributed by atoms with van der Waals surface area (Å²) in [6, 6.07) is 6.90. The van der Waals surface area contributed by atoms with Gasteiger partial charge in [-0.2, -0.15) is 5.12 Å². The minimum absolute atomic E-state index is 0.0189. The highest BCUT2D eigenvalue weighted by atomic mass is 19.1. The fraction of sp³-hybridized carbons (Fsp3) is 0.129. The van der Waals surface area contributed by atoms with Crippen molar-refractivity contribution in [1.82, 2.24) is 35.9 Å². The molecule has 0 unspecified atom stereocenters. The van der Waals surface area contributed by atoms with Gasteiger partial charge in [-0.15, -0.1) is 25.9 Å². The van der Waals surface area contributed by atoms with Gasteiger partial charge < -0.3 is 24.8 Å². The van der Waals surface area contributed by atoms with Crippen molar-refractivity contribution in [1.29, 1.82) is 0 Å². The Hall–Kier alpha value is -7.09. The number of carbonyl (C=O) groups is 4. The number of aromatic nitrogens is 4. The lowest BCUT2D eigenvalue weighted by molar-refractivity contribution is -0.110. The molecule has 0 fully saturated rings. The molecule has 2 aliphatic rings. The fourth-order valence-corrected chi connectivity index (χ4v) is 4.69. The maximum absolute atomic E-state index is 15.2. The Kier molecular flexibility index (Phi) is 9.66. The number of methoxy groups -OCH3 is 2. The van der Waals surface area contributed by atoms with E-state index in [4.69, 9.17) is 14.2 Å². The number of nitrogens with zero attached hydrogens (tertiary/aromatic N) is 7. The van der Waals surface area contributed by atoms with Gasteiger partial charge in [-0.3, -0.25) is 14.2 Å². The van der Waals surface area contributed by atoms with Crippen LogP contribution in [0.25, 0.3) is 5.82 Å². The molecular weight excluding hydrogens is 676 g/mol. The Morgan fingerprint density at radius 2 is 1.61 bits per heavy atom. The second-order valence-electron chi connectivity index (χ2n) is 10.4. The van der Waals surface area contributed by atoms with Crippen LogP contribution in [0, 0.1) is 11.6 Å². The summed E-state index contributed by atoms with van der Waals surface area (Å²) in [5.74, 6) is -4.81. The average Bonchev–Trinajstić information content (AvgIpc) is 3.86. The standard InChI is InChI=1S/C31H25F2N11O7/c1-49-30(47)17-12-19(32)16(11-23(17)35-28(45)21-3-5-26(38-37-21)43-9-8-34-15-43)7-10-51-25-14-24(18(13-20(25)33)31(48)50-2)36-29(46)22-4-6-27-39-41-42-44(27)40-22/h3-6,8-9,11-15,41-42H,7,10H2,1-2H3,(H,35,45)(H,36,46). The van der Waals surface area contributed by atoms with Crippen molar-refractivity contribution in [2.45, 2.75) is 6.42 Å². The largest absolute Gasteiger partial charge is 0.490 e. The first-order chi connectivity index (χ1) is 24.6. The van der Waals surface area contributed by atoms with Crippen LogP contribution in [-0.4, -0.2) is 81.0 Å². The summed E-state index contributed by atoms with van der Waals surface area (Å²) in [7, 11) is 2.18. The third kappa shape index (κ3) is 7.34. The number of hydrogen-bond donors (Lipinski definition) is 4. The summed E-state index contributed by atoms with van der Waals surface area (Å²) in [6.07, 6.45) is 7.37. The molecule has 18 nitrogen and oxygen atoms in total. The van der Waals surface area contributed by atoms with Crippen molar-refractivity contribution in [2.75, 3.05) is 31.5 Å². The predicted octanol–water partition coefficient (Wildman–Crippen LogP) is 1.89. The molecular formula is C31H25F2N11O7. The summed E-state index contributed by atoms with van der Waals surface area (Å²) in [4.78, 5) is 54.8. The number of esters is 2. The molecule has 0 radical (unpaired) electrons. The Morgan fingerprint density at radius 3 is 2.29 bits per heavy atom. The number of hydrazone groups is 2. The third-order valence-electron chi connectivity index (χ3n) is 7.22. The van der Waals surface area contributed by atoms with Gasteiger partial charge in [-0.05, 0) is 48.0 Å². The van der Waals surface area contributed by atoms with Crippen LogP contribution in [0.3, 0.4) is 0 Å². The number of imidazole rings is 1. The quantitative estimate of drug-likeness (QED) is 0.165. The van der Waals surface area contributed by atoms with Gasteiger partial charge in [0, 0.05) is 24.9 Å². The van der Waals surface area contributed by atoms with Crippen molar-refractivity contribution >= 4 is 46.7 Å². The zero-order valence-corrected chi connectivity index (χ0v) is 26.5. The van der Waals surface area contributed by atoms with Crippen LogP contribution in [0.15, 0.2) is 77.5 Å². The number of nitrogens with one attached hydrogen (secondary N) is 4. The van der Waals surface area contributed by atoms with Gasteiger partial charge in [0.1, 0.15) is 12.1 Å². The Morgan fingerprint density at radius 1 is 0.882 bits per heavy atom. The minimum Gasteiger partial charge on any atom is -0.490 e. The molecule has 2 aromatic carbocycles. The Balaban J connectivity index is 1.18. The van der Waals surface area contributed by atoms with Crippen molar-refractivity contribution in [3.8, 4) is 11.6 Å². The summed E-state index contributed by atoms with van der Waals surface area (Å²) < 4.78 is 47.0. The number of fused-ring (bicyclic) bond motifs is 1. The molecule has 4 aromatic rings. The monoisotopic (exact) mass is 701 g/mol. The average molecular weight is 702 g/mol. The number of halogens is 2. The number of rotatable bonds is 11. The molecule has 0 saturated carbocycles. The van der Waals surface area contributed by atoms with E-state index in [1.165, 1.54) is 41.8 Å². The lowest BCUT2D eigenvalue weighted by atomic mass is 10.1. The number of hydrogen-bond acceptors (Lipinski definition) is 15. The minimum atomic E-state index is -0.980. The molecule has 51 heavy (non-hydrogen) atoms. The number of anilines is 2. The molecule has 260 valence electrons. The van der Waals surface area contributed by atoms with Gasteiger partial charge in [0.05, 0.1) is 43.3 Å². The van der Waals surface area contributed by atoms with Crippen molar-refractivity contribution in [3.05, 3.63) is 101 Å². The SMILES string of the molecule is COC(=O)c1cc(F)c(OCCc2cc(NC(=O)c3ccc(-n4ccnc4)nn3)c(C(=O)OC)cc2F)cc1NC(=O)C1=NN2NNN=C2C=C1. The van der Waals surface area contributed by atoms with Gasteiger partial charge in [0.2, 0.25) is 0 Å². The number of hydrazine groups is 2. The normalized spacial score (nSPS) is 13.0. The van der Waals surface area contributed by atoms with E-state index in [2.05, 4.69) is 47.1 Å². The molecule has 4 heterocycles. The first-order valence-corrected chi connectivity index (χ1v) is 14.7. The number of benzene rings is 2. The zero-order valence-electron chi connectivity index (χ0n) is 26.5. The van der Waals surface area contributed by atoms with E-state index in [9.17, 15) is 19.2 Å². The first kappa shape index (κ1) is 33.8. The molecule has 0 aliphatic carbocycles. The van der Waals surface area contributed by atoms with Crippen LogP contribution in [0.1, 0.15) is 36.8 Å². The predicted molar refractivity (Wildman–Crippen MR) is 173 cm³/mol. The highest BCUT2D eigenvalue weighted by Gasteiger charge is 2.25. The Labute approximate surface area is 285 Å². The van der Waals surface area contributed by atoms with Gasteiger partial charge in [0.25, 0.3) is 11.8 Å². The first-order valence-electron chi connectivity index (χ1n) is 14.7. The third-order valence-corrected chi connectivity index (χ3v) is 7.22. The topological polar surface area (TPSA) is 216 Å². The van der Waals surface area contributed by atoms with E-state index in [1.54, 1.807) is 17.0 Å². The van der Waals surface area contributed by atoms with Gasteiger partial charge in [0.15, 0.2) is 34.6 Å². The van der Waals surface area contributed by atoms with Crippen LogP contribution < -0.4 is 26.4 Å². The van der Waals surface area contributed by atoms with Crippen molar-refractivity contribution in [2.24, 2.45) is 10.2 Å². The summed E-state index contributed by atoms with van der Waals surface area (Å²) >= 11 is 0. The molecule has 2 amide bonds. The second-order valence-corrected chi connectivity index (χ2v) is 10.4. The molecule has 4 N–H and O–H groups in total. The van der Waals surface area contributed by atoms with E-state index in [0.717, 1.165) is 32.4 Å². The molecule has 0 atom stereocenters. The molecule has 2 aliphatic heterocycles. The molecule has 2 aromatic heterocycles. The van der Waals surface area contributed by atoms with E-state index < -0.39 is 41.1 Å². The molecule has 0 spiro atoms. The molecule has 0 saturated heterocycles. The fourth-order valence-electron chi connectivity index (χ4n) is 4.69. The Bertz CT molecular complexity index is 2120. The van der Waals surface area contributed by atoms with E-state index in [1.807, 2.05) is 0 Å². The number of amidine groups is 1. The van der Waals surface area contributed by atoms with Gasteiger partial charge >= 0.3 is 11.9 Å². The summed E-state index contributed by atoms with van der Waals surface area (Å²) in [5, 5.41) is 22.1. The van der Waals surface area contributed by atoms with E-state index in [0.29, 0.717) is 11.7 Å². The van der Waals surface area contributed by atoms with E-state index in [-0.39, 0.29) is 52.5 Å². The highest BCUT2D eigenvalue weighted by molar-refractivity contribution is 6.48. The zero-order chi connectivity index (χ0) is 36.1. The summed E-state index contributed by atoms with van der Waals surface area (Å²) in [5.41, 5.74) is 3.99. The van der Waals surface area contributed by atoms with Crippen molar-refractivity contribution in [3.63, 3.8) is 0 Å². The maximum Gasteiger partial charge on any atom is 0.340 e.